The summed E-state index contributed by atoms with van der Waals surface area (Å²) < 4.78 is 7.14. The molecule has 104 valence electrons. The molecule has 0 saturated heterocycles. The number of carbonyl (C=O) groups is 1. The maximum atomic E-state index is 11.6. The van der Waals surface area contributed by atoms with E-state index in [1.807, 2.05) is 31.3 Å². The molecule has 1 aliphatic rings. The van der Waals surface area contributed by atoms with Crippen LogP contribution in [0.2, 0.25) is 0 Å². The van der Waals surface area contributed by atoms with Crippen molar-refractivity contribution in [1.29, 1.82) is 0 Å². The minimum absolute atomic E-state index is 0.0373. The van der Waals surface area contributed by atoms with Gasteiger partial charge in [-0.2, -0.15) is 5.10 Å². The van der Waals surface area contributed by atoms with Crippen molar-refractivity contribution >= 4 is 5.91 Å². The number of benzene rings is 1. The summed E-state index contributed by atoms with van der Waals surface area (Å²) in [6.07, 6.45) is 3.80. The Bertz CT molecular complexity index is 619. The second kappa shape index (κ2) is 5.32. The minimum Gasteiger partial charge on any atom is -0.484 e. The molecule has 1 heterocycles. The molecular weight excluding hydrogens is 256 g/mol. The van der Waals surface area contributed by atoms with Crippen molar-refractivity contribution in [2.45, 2.75) is 18.9 Å². The third-order valence-electron chi connectivity index (χ3n) is 3.00. The number of ether oxygens (including phenoxy) is 1. The zero-order chi connectivity index (χ0) is 13.9. The predicted molar refractivity (Wildman–Crippen MR) is 73.1 cm³/mol. The highest BCUT2D eigenvalue weighted by atomic mass is 16.5. The van der Waals surface area contributed by atoms with E-state index in [2.05, 4.69) is 15.4 Å². The van der Waals surface area contributed by atoms with Crippen LogP contribution in [0.1, 0.15) is 12.8 Å². The first kappa shape index (κ1) is 12.7. The summed E-state index contributed by atoms with van der Waals surface area (Å²) in [6.45, 7) is 0.0373. The number of aromatic nitrogens is 3. The molecule has 1 aromatic carbocycles. The van der Waals surface area contributed by atoms with E-state index in [4.69, 9.17) is 4.74 Å². The molecule has 1 N–H and O–H groups in total. The number of rotatable bonds is 5. The van der Waals surface area contributed by atoms with Crippen molar-refractivity contribution in [1.82, 2.24) is 20.1 Å². The highest BCUT2D eigenvalue weighted by Crippen LogP contribution is 2.21. The average molecular weight is 272 g/mol. The molecule has 0 aliphatic heterocycles. The summed E-state index contributed by atoms with van der Waals surface area (Å²) in [6, 6.07) is 7.78. The SMILES string of the molecule is Cn1cnc(-c2cccc(OCC(=O)NC3CC3)c2)n1. The largest absolute Gasteiger partial charge is 0.484 e. The summed E-state index contributed by atoms with van der Waals surface area (Å²) in [4.78, 5) is 15.7. The molecule has 6 nitrogen and oxygen atoms in total. The lowest BCUT2D eigenvalue weighted by atomic mass is 10.2. The lowest BCUT2D eigenvalue weighted by molar-refractivity contribution is -0.123. The van der Waals surface area contributed by atoms with Gasteiger partial charge in [0, 0.05) is 18.7 Å². The zero-order valence-corrected chi connectivity index (χ0v) is 11.2. The van der Waals surface area contributed by atoms with E-state index in [1.165, 1.54) is 0 Å². The Balaban J connectivity index is 1.63. The molecule has 20 heavy (non-hydrogen) atoms. The van der Waals surface area contributed by atoms with Crippen LogP contribution in [0.3, 0.4) is 0 Å². The van der Waals surface area contributed by atoms with Gasteiger partial charge >= 0.3 is 0 Å². The lowest BCUT2D eigenvalue weighted by Crippen LogP contribution is -2.30. The molecule has 0 radical (unpaired) electrons. The van der Waals surface area contributed by atoms with Crippen LogP contribution in [-0.2, 0) is 11.8 Å². The third kappa shape index (κ3) is 3.14. The molecule has 1 fully saturated rings. The van der Waals surface area contributed by atoms with Gasteiger partial charge in [-0.3, -0.25) is 9.48 Å². The van der Waals surface area contributed by atoms with Gasteiger partial charge in [-0.05, 0) is 25.0 Å². The second-order valence-corrected chi connectivity index (χ2v) is 4.90. The topological polar surface area (TPSA) is 69.0 Å². The number of amides is 1. The van der Waals surface area contributed by atoms with Gasteiger partial charge in [-0.15, -0.1) is 0 Å². The van der Waals surface area contributed by atoms with E-state index in [0.29, 0.717) is 17.6 Å². The van der Waals surface area contributed by atoms with Crippen molar-refractivity contribution in [3.8, 4) is 17.1 Å². The molecule has 0 unspecified atom stereocenters. The number of nitrogens with one attached hydrogen (secondary N) is 1. The normalized spacial score (nSPS) is 14.1. The van der Waals surface area contributed by atoms with Crippen molar-refractivity contribution < 1.29 is 9.53 Å². The van der Waals surface area contributed by atoms with Crippen LogP contribution in [0.4, 0.5) is 0 Å². The van der Waals surface area contributed by atoms with Crippen LogP contribution in [0.25, 0.3) is 11.4 Å². The molecule has 1 saturated carbocycles. The zero-order valence-electron chi connectivity index (χ0n) is 11.2. The number of hydrogen-bond donors (Lipinski definition) is 1. The Morgan fingerprint density at radius 2 is 2.35 bits per heavy atom. The first-order chi connectivity index (χ1) is 9.70. The number of nitrogens with zero attached hydrogens (tertiary/aromatic N) is 3. The van der Waals surface area contributed by atoms with Crippen LogP contribution in [0, 0.1) is 0 Å². The first-order valence-corrected chi connectivity index (χ1v) is 6.59. The maximum Gasteiger partial charge on any atom is 0.258 e. The Morgan fingerprint density at radius 1 is 1.50 bits per heavy atom. The third-order valence-corrected chi connectivity index (χ3v) is 3.00. The lowest BCUT2D eigenvalue weighted by Gasteiger charge is -2.07. The van der Waals surface area contributed by atoms with E-state index in [0.717, 1.165) is 18.4 Å². The first-order valence-electron chi connectivity index (χ1n) is 6.59. The molecule has 0 atom stereocenters. The van der Waals surface area contributed by atoms with E-state index in [9.17, 15) is 4.79 Å². The van der Waals surface area contributed by atoms with Gasteiger partial charge in [-0.1, -0.05) is 12.1 Å². The van der Waals surface area contributed by atoms with Gasteiger partial charge < -0.3 is 10.1 Å². The van der Waals surface area contributed by atoms with Crippen LogP contribution in [-0.4, -0.2) is 33.3 Å². The number of aryl methyl sites for hydroxylation is 1. The fourth-order valence-corrected chi connectivity index (χ4v) is 1.84. The average Bonchev–Trinajstić information content (AvgIpc) is 3.15. The Morgan fingerprint density at radius 3 is 3.05 bits per heavy atom. The van der Waals surface area contributed by atoms with Gasteiger partial charge in [0.15, 0.2) is 12.4 Å². The summed E-state index contributed by atoms with van der Waals surface area (Å²) in [5.74, 6) is 1.20. The van der Waals surface area contributed by atoms with Gasteiger partial charge in [0.05, 0.1) is 0 Å². The fourth-order valence-electron chi connectivity index (χ4n) is 1.84. The van der Waals surface area contributed by atoms with Crippen LogP contribution >= 0.6 is 0 Å². The highest BCUT2D eigenvalue weighted by molar-refractivity contribution is 5.78. The summed E-state index contributed by atoms with van der Waals surface area (Å²) in [7, 11) is 1.82. The summed E-state index contributed by atoms with van der Waals surface area (Å²) >= 11 is 0. The van der Waals surface area contributed by atoms with Crippen LogP contribution in [0.5, 0.6) is 5.75 Å². The molecule has 0 bridgehead atoms. The van der Waals surface area contributed by atoms with Crippen molar-refractivity contribution in [3.63, 3.8) is 0 Å². The Kier molecular flexibility index (Phi) is 3.37. The van der Waals surface area contributed by atoms with Gasteiger partial charge in [0.1, 0.15) is 12.1 Å². The van der Waals surface area contributed by atoms with Crippen LogP contribution < -0.4 is 10.1 Å². The molecular formula is C14H16N4O2. The highest BCUT2D eigenvalue weighted by Gasteiger charge is 2.23. The molecule has 6 heteroatoms. The van der Waals surface area contributed by atoms with Crippen molar-refractivity contribution in [3.05, 3.63) is 30.6 Å². The monoisotopic (exact) mass is 272 g/mol. The standard InChI is InChI=1S/C14H16N4O2/c1-18-9-15-14(17-18)10-3-2-4-12(7-10)20-8-13(19)16-11-5-6-11/h2-4,7,9,11H,5-6,8H2,1H3,(H,16,19). The molecule has 3 rings (SSSR count). The van der Waals surface area contributed by atoms with Crippen LogP contribution in [0.15, 0.2) is 30.6 Å². The Labute approximate surface area is 116 Å². The van der Waals surface area contributed by atoms with Gasteiger partial charge in [-0.25, -0.2) is 4.98 Å². The van der Waals surface area contributed by atoms with E-state index >= 15 is 0 Å². The smallest absolute Gasteiger partial charge is 0.258 e. The van der Waals surface area contributed by atoms with E-state index in [1.54, 1.807) is 11.0 Å². The van der Waals surface area contributed by atoms with Crippen molar-refractivity contribution in [2.24, 2.45) is 7.05 Å². The second-order valence-electron chi connectivity index (χ2n) is 4.90. The van der Waals surface area contributed by atoms with Crippen molar-refractivity contribution in [2.75, 3.05) is 6.61 Å². The molecule has 2 aromatic rings. The predicted octanol–water partition coefficient (Wildman–Crippen LogP) is 1.14. The maximum absolute atomic E-state index is 11.6. The quantitative estimate of drug-likeness (QED) is 0.886. The minimum atomic E-state index is -0.0751. The molecule has 1 aliphatic carbocycles. The molecule has 0 spiro atoms. The Hall–Kier alpha value is -2.37. The van der Waals surface area contributed by atoms with E-state index < -0.39 is 0 Å². The molecule has 1 aromatic heterocycles. The fraction of sp³-hybridized carbons (Fsp3) is 0.357. The molecule has 1 amide bonds. The van der Waals surface area contributed by atoms with Gasteiger partial charge in [0.2, 0.25) is 0 Å². The summed E-state index contributed by atoms with van der Waals surface area (Å²) in [5.41, 5.74) is 0.866. The number of carbonyl (C=O) groups excluding carboxylic acids is 1. The summed E-state index contributed by atoms with van der Waals surface area (Å²) in [5, 5.41) is 7.12. The van der Waals surface area contributed by atoms with E-state index in [-0.39, 0.29) is 12.5 Å². The van der Waals surface area contributed by atoms with Gasteiger partial charge in [0.25, 0.3) is 5.91 Å². The number of hydrogen-bond acceptors (Lipinski definition) is 4.